The van der Waals surface area contributed by atoms with Crippen LogP contribution in [0.5, 0.6) is 0 Å². The SMILES string of the molecule is CNC1c2ccccc2CC1SC(C)CO. The minimum atomic E-state index is 0.258. The molecule has 0 radical (unpaired) electrons. The molecule has 1 aromatic carbocycles. The maximum Gasteiger partial charge on any atom is 0.0547 e. The summed E-state index contributed by atoms with van der Waals surface area (Å²) in [7, 11) is 2.02. The van der Waals surface area contributed by atoms with Gasteiger partial charge in [0.25, 0.3) is 0 Å². The number of nitrogens with one attached hydrogen (secondary N) is 1. The fraction of sp³-hybridized carbons (Fsp3) is 0.538. The van der Waals surface area contributed by atoms with Crippen molar-refractivity contribution in [2.75, 3.05) is 13.7 Å². The molecule has 0 fully saturated rings. The molecule has 88 valence electrons. The zero-order valence-electron chi connectivity index (χ0n) is 9.81. The quantitative estimate of drug-likeness (QED) is 0.840. The zero-order chi connectivity index (χ0) is 11.5. The molecular formula is C13H19NOS. The molecule has 0 bridgehead atoms. The van der Waals surface area contributed by atoms with Crippen LogP contribution in [0.3, 0.4) is 0 Å². The van der Waals surface area contributed by atoms with Crippen LogP contribution >= 0.6 is 11.8 Å². The van der Waals surface area contributed by atoms with Gasteiger partial charge in [-0.3, -0.25) is 0 Å². The molecule has 3 unspecified atom stereocenters. The van der Waals surface area contributed by atoms with Crippen molar-refractivity contribution in [3.05, 3.63) is 35.4 Å². The van der Waals surface area contributed by atoms with Crippen LogP contribution in [0.1, 0.15) is 24.1 Å². The minimum absolute atomic E-state index is 0.258. The molecule has 0 saturated carbocycles. The number of aliphatic hydroxyl groups is 1. The van der Waals surface area contributed by atoms with Crippen molar-refractivity contribution in [2.45, 2.75) is 29.9 Å². The molecule has 2 rings (SSSR count). The molecular weight excluding hydrogens is 218 g/mol. The Kier molecular flexibility index (Phi) is 3.90. The van der Waals surface area contributed by atoms with Crippen molar-refractivity contribution in [2.24, 2.45) is 0 Å². The van der Waals surface area contributed by atoms with Gasteiger partial charge in [0.1, 0.15) is 0 Å². The molecule has 1 aliphatic carbocycles. The number of benzene rings is 1. The number of hydrogen-bond acceptors (Lipinski definition) is 3. The van der Waals surface area contributed by atoms with E-state index < -0.39 is 0 Å². The Hall–Kier alpha value is -0.510. The van der Waals surface area contributed by atoms with E-state index >= 15 is 0 Å². The van der Waals surface area contributed by atoms with Gasteiger partial charge in [0.2, 0.25) is 0 Å². The van der Waals surface area contributed by atoms with Gasteiger partial charge in [-0.2, -0.15) is 11.8 Å². The van der Waals surface area contributed by atoms with Crippen LogP contribution in [0.15, 0.2) is 24.3 Å². The van der Waals surface area contributed by atoms with Crippen molar-refractivity contribution >= 4 is 11.8 Å². The van der Waals surface area contributed by atoms with Gasteiger partial charge < -0.3 is 10.4 Å². The van der Waals surface area contributed by atoms with Crippen molar-refractivity contribution in [3.63, 3.8) is 0 Å². The number of fused-ring (bicyclic) bond motifs is 1. The van der Waals surface area contributed by atoms with E-state index in [0.717, 1.165) is 6.42 Å². The normalized spacial score (nSPS) is 25.4. The Morgan fingerprint density at radius 1 is 1.50 bits per heavy atom. The van der Waals surface area contributed by atoms with E-state index in [1.54, 1.807) is 0 Å². The lowest BCUT2D eigenvalue weighted by Gasteiger charge is -2.22. The monoisotopic (exact) mass is 237 g/mol. The summed E-state index contributed by atoms with van der Waals surface area (Å²) in [6.45, 7) is 2.34. The third-order valence-electron chi connectivity index (χ3n) is 3.16. The average Bonchev–Trinajstić information content (AvgIpc) is 2.65. The maximum atomic E-state index is 9.13. The second kappa shape index (κ2) is 5.21. The summed E-state index contributed by atoms with van der Waals surface area (Å²) in [6, 6.07) is 9.06. The second-order valence-electron chi connectivity index (χ2n) is 4.34. The standard InChI is InChI=1S/C13H19NOS/c1-9(8-15)16-12-7-10-5-3-4-6-11(10)13(12)14-2/h3-6,9,12-15H,7-8H2,1-2H3. The minimum Gasteiger partial charge on any atom is -0.395 e. The largest absolute Gasteiger partial charge is 0.395 e. The third-order valence-corrected chi connectivity index (χ3v) is 4.56. The van der Waals surface area contributed by atoms with E-state index in [4.69, 9.17) is 5.11 Å². The van der Waals surface area contributed by atoms with E-state index in [-0.39, 0.29) is 6.61 Å². The van der Waals surface area contributed by atoms with Crippen LogP contribution in [-0.4, -0.2) is 29.3 Å². The van der Waals surface area contributed by atoms with Crippen molar-refractivity contribution < 1.29 is 5.11 Å². The Balaban J connectivity index is 2.14. The Labute approximate surface area is 101 Å². The van der Waals surface area contributed by atoms with Crippen molar-refractivity contribution in [3.8, 4) is 0 Å². The fourth-order valence-corrected chi connectivity index (χ4v) is 3.77. The maximum absolute atomic E-state index is 9.13. The van der Waals surface area contributed by atoms with Crippen molar-refractivity contribution in [1.29, 1.82) is 0 Å². The molecule has 0 spiro atoms. The first-order valence-electron chi connectivity index (χ1n) is 5.77. The predicted molar refractivity (Wildman–Crippen MR) is 69.9 cm³/mol. The second-order valence-corrected chi connectivity index (χ2v) is 6.02. The number of hydrogen-bond donors (Lipinski definition) is 2. The fourth-order valence-electron chi connectivity index (χ4n) is 2.37. The van der Waals surface area contributed by atoms with Crippen LogP contribution in [0.2, 0.25) is 0 Å². The lowest BCUT2D eigenvalue weighted by Crippen LogP contribution is -2.25. The molecule has 0 aliphatic heterocycles. The molecule has 3 atom stereocenters. The van der Waals surface area contributed by atoms with Gasteiger partial charge in [0.05, 0.1) is 6.61 Å². The zero-order valence-corrected chi connectivity index (χ0v) is 10.6. The summed E-state index contributed by atoms with van der Waals surface area (Å²) >= 11 is 1.88. The predicted octanol–water partition coefficient (Wildman–Crippen LogP) is 1.99. The molecule has 2 N–H and O–H groups in total. The summed E-state index contributed by atoms with van der Waals surface area (Å²) in [6.07, 6.45) is 1.11. The van der Waals surface area contributed by atoms with Gasteiger partial charge in [-0.1, -0.05) is 31.2 Å². The van der Waals surface area contributed by atoms with Gasteiger partial charge in [-0.15, -0.1) is 0 Å². The van der Waals surface area contributed by atoms with Crippen LogP contribution < -0.4 is 5.32 Å². The van der Waals surface area contributed by atoms with E-state index in [2.05, 4.69) is 36.5 Å². The molecule has 3 heteroatoms. The Morgan fingerprint density at radius 3 is 2.94 bits per heavy atom. The van der Waals surface area contributed by atoms with Crippen LogP contribution in [0.4, 0.5) is 0 Å². The molecule has 16 heavy (non-hydrogen) atoms. The summed E-state index contributed by atoms with van der Waals surface area (Å²) in [4.78, 5) is 0. The lowest BCUT2D eigenvalue weighted by molar-refractivity contribution is 0.299. The first-order valence-corrected chi connectivity index (χ1v) is 6.72. The highest BCUT2D eigenvalue weighted by Crippen LogP contribution is 2.39. The first kappa shape index (κ1) is 12.0. The number of thioether (sulfide) groups is 1. The van der Waals surface area contributed by atoms with E-state index in [1.165, 1.54) is 11.1 Å². The Bertz CT molecular complexity index is 356. The van der Waals surface area contributed by atoms with Gasteiger partial charge in [-0.25, -0.2) is 0 Å². The highest BCUT2D eigenvalue weighted by molar-refractivity contribution is 8.00. The topological polar surface area (TPSA) is 32.3 Å². The van der Waals surface area contributed by atoms with Gasteiger partial charge in [-0.05, 0) is 24.6 Å². The van der Waals surface area contributed by atoms with Gasteiger partial charge >= 0.3 is 0 Å². The summed E-state index contributed by atoms with van der Waals surface area (Å²) in [5.41, 5.74) is 2.87. The summed E-state index contributed by atoms with van der Waals surface area (Å²) in [5.74, 6) is 0. The summed E-state index contributed by atoms with van der Waals surface area (Å²) < 4.78 is 0. The third kappa shape index (κ3) is 2.26. The molecule has 1 aromatic rings. The molecule has 0 saturated heterocycles. The summed E-state index contributed by atoms with van der Waals surface area (Å²) in [5, 5.41) is 13.4. The first-order chi connectivity index (χ1) is 7.76. The van der Waals surface area contributed by atoms with E-state index in [1.807, 2.05) is 18.8 Å². The molecule has 0 aromatic heterocycles. The molecule has 0 heterocycles. The highest BCUT2D eigenvalue weighted by Gasteiger charge is 2.32. The van der Waals surface area contributed by atoms with E-state index in [0.29, 0.717) is 16.5 Å². The number of rotatable bonds is 4. The molecule has 0 amide bonds. The lowest BCUT2D eigenvalue weighted by atomic mass is 10.1. The van der Waals surface area contributed by atoms with Gasteiger partial charge in [0.15, 0.2) is 0 Å². The smallest absolute Gasteiger partial charge is 0.0547 e. The highest BCUT2D eigenvalue weighted by atomic mass is 32.2. The number of aliphatic hydroxyl groups excluding tert-OH is 1. The molecule has 1 aliphatic rings. The van der Waals surface area contributed by atoms with Crippen molar-refractivity contribution in [1.82, 2.24) is 5.32 Å². The van der Waals surface area contributed by atoms with E-state index in [9.17, 15) is 0 Å². The van der Waals surface area contributed by atoms with Gasteiger partial charge in [0, 0.05) is 16.5 Å². The molecule has 2 nitrogen and oxygen atoms in total. The van der Waals surface area contributed by atoms with Crippen LogP contribution in [-0.2, 0) is 6.42 Å². The van der Waals surface area contributed by atoms with Crippen LogP contribution in [0.25, 0.3) is 0 Å². The van der Waals surface area contributed by atoms with Crippen LogP contribution in [0, 0.1) is 0 Å². The Morgan fingerprint density at radius 2 is 2.25 bits per heavy atom. The average molecular weight is 237 g/mol.